The van der Waals surface area contributed by atoms with Crippen LogP contribution in [0, 0.1) is 5.92 Å². The number of carbonyl (C=O) groups is 1. The molecule has 0 N–H and O–H groups in total. The van der Waals surface area contributed by atoms with Crippen molar-refractivity contribution < 1.29 is 4.79 Å². The average Bonchev–Trinajstić information content (AvgIpc) is 2.19. The molecule has 0 bridgehead atoms. The zero-order chi connectivity index (χ0) is 10.6. The number of hydrogen-bond donors (Lipinski definition) is 0. The zero-order valence-corrected chi connectivity index (χ0v) is 9.75. The fourth-order valence-electron chi connectivity index (χ4n) is 2.35. The van der Waals surface area contributed by atoms with Gasteiger partial charge in [-0.3, -0.25) is 9.69 Å². The van der Waals surface area contributed by atoms with Gasteiger partial charge in [0, 0.05) is 31.5 Å². The second kappa shape index (κ2) is 5.50. The first kappa shape index (κ1) is 11.7. The highest BCUT2D eigenvalue weighted by Gasteiger charge is 2.26. The summed E-state index contributed by atoms with van der Waals surface area (Å²) in [6, 6.07) is 0.704. The number of rotatable bonds is 4. The average molecular weight is 197 g/mol. The Bertz CT molecular complexity index is 191. The molecule has 0 aromatic rings. The Kier molecular flexibility index (Phi) is 4.59. The van der Waals surface area contributed by atoms with Gasteiger partial charge in [0.05, 0.1) is 0 Å². The minimum Gasteiger partial charge on any atom is -0.299 e. The Morgan fingerprint density at radius 2 is 2.21 bits per heavy atom. The number of nitrogens with zero attached hydrogens (tertiary/aromatic N) is 1. The first-order valence-electron chi connectivity index (χ1n) is 5.95. The number of carbonyl (C=O) groups excluding carboxylic acids is 1. The van der Waals surface area contributed by atoms with E-state index in [9.17, 15) is 4.79 Å². The van der Waals surface area contributed by atoms with Gasteiger partial charge < -0.3 is 0 Å². The van der Waals surface area contributed by atoms with Gasteiger partial charge in [0.15, 0.2) is 0 Å². The maximum absolute atomic E-state index is 11.4. The summed E-state index contributed by atoms with van der Waals surface area (Å²) < 4.78 is 0. The molecule has 2 nitrogen and oxygen atoms in total. The van der Waals surface area contributed by atoms with Gasteiger partial charge in [-0.25, -0.2) is 0 Å². The van der Waals surface area contributed by atoms with Crippen LogP contribution in [0.5, 0.6) is 0 Å². The van der Waals surface area contributed by atoms with E-state index in [1.165, 1.54) is 19.3 Å². The van der Waals surface area contributed by atoms with E-state index >= 15 is 0 Å². The Labute approximate surface area is 87.7 Å². The molecular weight excluding hydrogens is 174 g/mol. The molecule has 1 fully saturated rings. The quantitative estimate of drug-likeness (QED) is 0.690. The van der Waals surface area contributed by atoms with Crippen LogP contribution in [0.4, 0.5) is 0 Å². The summed E-state index contributed by atoms with van der Waals surface area (Å²) in [6.45, 7) is 8.52. The highest BCUT2D eigenvalue weighted by atomic mass is 16.1. The number of hydrogen-bond acceptors (Lipinski definition) is 2. The van der Waals surface area contributed by atoms with E-state index < -0.39 is 0 Å². The van der Waals surface area contributed by atoms with E-state index in [0.29, 0.717) is 11.8 Å². The predicted molar refractivity (Wildman–Crippen MR) is 59.3 cm³/mol. The molecule has 0 aliphatic carbocycles. The summed E-state index contributed by atoms with van der Waals surface area (Å²) in [4.78, 5) is 13.9. The van der Waals surface area contributed by atoms with Crippen LogP contribution in [0.25, 0.3) is 0 Å². The van der Waals surface area contributed by atoms with E-state index in [0.717, 1.165) is 19.5 Å². The van der Waals surface area contributed by atoms with Gasteiger partial charge in [0.2, 0.25) is 0 Å². The summed E-state index contributed by atoms with van der Waals surface area (Å²) in [6.07, 6.45) is 4.50. The molecule has 0 spiro atoms. The van der Waals surface area contributed by atoms with Crippen molar-refractivity contribution in [3.05, 3.63) is 0 Å². The molecule has 14 heavy (non-hydrogen) atoms. The number of piperidine rings is 1. The second-order valence-electron chi connectivity index (χ2n) is 4.46. The molecule has 1 saturated heterocycles. The molecule has 0 radical (unpaired) electrons. The van der Waals surface area contributed by atoms with Crippen molar-refractivity contribution in [1.29, 1.82) is 0 Å². The van der Waals surface area contributed by atoms with Crippen LogP contribution in [0.1, 0.15) is 46.5 Å². The summed E-state index contributed by atoms with van der Waals surface area (Å²) in [5, 5.41) is 0. The minimum atomic E-state index is 0.259. The largest absolute Gasteiger partial charge is 0.299 e. The van der Waals surface area contributed by atoms with Crippen molar-refractivity contribution >= 4 is 5.78 Å². The van der Waals surface area contributed by atoms with Crippen molar-refractivity contribution in [2.24, 2.45) is 5.92 Å². The van der Waals surface area contributed by atoms with E-state index in [4.69, 9.17) is 0 Å². The molecule has 2 unspecified atom stereocenters. The Hall–Kier alpha value is -0.370. The first-order chi connectivity index (χ1) is 6.69. The van der Waals surface area contributed by atoms with E-state index in [1.54, 1.807) is 0 Å². The molecule has 1 aliphatic heterocycles. The Morgan fingerprint density at radius 1 is 1.50 bits per heavy atom. The molecule has 1 rings (SSSR count). The summed E-state index contributed by atoms with van der Waals surface area (Å²) in [5.74, 6) is 0.710. The molecule has 0 saturated carbocycles. The molecule has 0 amide bonds. The van der Waals surface area contributed by atoms with Gasteiger partial charge in [-0.15, -0.1) is 0 Å². The lowest BCUT2D eigenvalue weighted by Gasteiger charge is -2.36. The monoisotopic (exact) mass is 197 g/mol. The van der Waals surface area contributed by atoms with Crippen molar-refractivity contribution in [3.8, 4) is 0 Å². The van der Waals surface area contributed by atoms with E-state index in [2.05, 4.69) is 25.7 Å². The van der Waals surface area contributed by atoms with Crippen LogP contribution in [-0.4, -0.2) is 29.8 Å². The lowest BCUT2D eigenvalue weighted by Crippen LogP contribution is -2.45. The van der Waals surface area contributed by atoms with Gasteiger partial charge in [-0.2, -0.15) is 0 Å². The van der Waals surface area contributed by atoms with Crippen molar-refractivity contribution in [2.45, 2.75) is 52.5 Å². The Balaban J connectivity index is 2.47. The van der Waals surface area contributed by atoms with Crippen LogP contribution in [0.15, 0.2) is 0 Å². The highest BCUT2D eigenvalue weighted by molar-refractivity contribution is 5.81. The highest BCUT2D eigenvalue weighted by Crippen LogP contribution is 2.19. The molecule has 0 aromatic carbocycles. The lowest BCUT2D eigenvalue weighted by atomic mass is 9.95. The maximum Gasteiger partial charge on any atom is 0.138 e. The number of ketones is 1. The SMILES string of the molecule is CCCC(CC)N1CCC(=O)C(C)C1. The van der Waals surface area contributed by atoms with E-state index in [-0.39, 0.29) is 5.92 Å². The Morgan fingerprint density at radius 3 is 2.71 bits per heavy atom. The van der Waals surface area contributed by atoms with Crippen LogP contribution in [0.2, 0.25) is 0 Å². The third-order valence-electron chi connectivity index (χ3n) is 3.31. The lowest BCUT2D eigenvalue weighted by molar-refractivity contribution is -0.126. The van der Waals surface area contributed by atoms with Crippen LogP contribution in [-0.2, 0) is 4.79 Å². The molecule has 82 valence electrons. The van der Waals surface area contributed by atoms with Crippen molar-refractivity contribution in [1.82, 2.24) is 4.90 Å². The van der Waals surface area contributed by atoms with Gasteiger partial charge in [0.25, 0.3) is 0 Å². The maximum atomic E-state index is 11.4. The topological polar surface area (TPSA) is 20.3 Å². The number of Topliss-reactive ketones (excluding diaryl/α,β-unsaturated/α-hetero) is 1. The molecule has 2 heteroatoms. The molecule has 1 heterocycles. The normalized spacial score (nSPS) is 26.5. The third kappa shape index (κ3) is 2.81. The zero-order valence-electron chi connectivity index (χ0n) is 9.75. The molecule has 2 atom stereocenters. The fraction of sp³-hybridized carbons (Fsp3) is 0.917. The first-order valence-corrected chi connectivity index (χ1v) is 5.95. The summed E-state index contributed by atoms with van der Waals surface area (Å²) >= 11 is 0. The van der Waals surface area contributed by atoms with E-state index in [1.807, 2.05) is 0 Å². The van der Waals surface area contributed by atoms with Gasteiger partial charge in [0.1, 0.15) is 5.78 Å². The van der Waals surface area contributed by atoms with Gasteiger partial charge >= 0.3 is 0 Å². The van der Waals surface area contributed by atoms with Crippen molar-refractivity contribution in [3.63, 3.8) is 0 Å². The number of likely N-dealkylation sites (tertiary alicyclic amines) is 1. The smallest absolute Gasteiger partial charge is 0.138 e. The van der Waals surface area contributed by atoms with Crippen molar-refractivity contribution in [2.75, 3.05) is 13.1 Å². The van der Waals surface area contributed by atoms with Crippen LogP contribution < -0.4 is 0 Å². The molecule has 0 aromatic heterocycles. The predicted octanol–water partition coefficient (Wildman–Crippen LogP) is 2.48. The van der Waals surface area contributed by atoms with Crippen LogP contribution in [0.3, 0.4) is 0 Å². The van der Waals surface area contributed by atoms with Gasteiger partial charge in [-0.05, 0) is 12.8 Å². The molecular formula is C12H23NO. The van der Waals surface area contributed by atoms with Crippen LogP contribution >= 0.6 is 0 Å². The molecule has 1 aliphatic rings. The third-order valence-corrected chi connectivity index (χ3v) is 3.31. The fourth-order valence-corrected chi connectivity index (χ4v) is 2.35. The standard InChI is InChI=1S/C12H23NO/c1-4-6-11(5-2)13-8-7-12(14)10(3)9-13/h10-11H,4-9H2,1-3H3. The second-order valence-corrected chi connectivity index (χ2v) is 4.46. The minimum absolute atomic E-state index is 0.259. The van der Waals surface area contributed by atoms with Gasteiger partial charge in [-0.1, -0.05) is 27.2 Å². The summed E-state index contributed by atoms with van der Waals surface area (Å²) in [7, 11) is 0. The summed E-state index contributed by atoms with van der Waals surface area (Å²) in [5.41, 5.74) is 0.